The van der Waals surface area contributed by atoms with Crippen molar-refractivity contribution in [2.75, 3.05) is 159 Å². The predicted octanol–water partition coefficient (Wildman–Crippen LogP) is 4.70. The van der Waals surface area contributed by atoms with E-state index in [0.717, 1.165) is 0 Å². The summed E-state index contributed by atoms with van der Waals surface area (Å²) in [7, 11) is -73.7. The van der Waals surface area contributed by atoms with Crippen LogP contribution < -0.4 is 0 Å². The third-order valence-electron chi connectivity index (χ3n) is 16.6. The molecule has 640 valence electrons. The van der Waals surface area contributed by atoms with E-state index in [9.17, 15) is 40.9 Å². The molecule has 36 nitrogen and oxygen atoms in total. The van der Waals surface area contributed by atoms with Crippen LogP contribution in [0, 0.1) is 0 Å². The monoisotopic (exact) mass is 1830 g/mol. The van der Waals surface area contributed by atoms with Gasteiger partial charge in [-0.05, 0) is 204 Å². The number of aliphatic hydroxyl groups is 8. The third kappa shape index (κ3) is 35.8. The van der Waals surface area contributed by atoms with Gasteiger partial charge in [0.25, 0.3) is 0 Å². The Morgan fingerprint density at radius 1 is 0.167 bits per heavy atom. The number of rotatable bonds is 64. The molecule has 6 rings (SSSR count). The Balaban J connectivity index is 2.15. The molecule has 0 amide bonds. The average Bonchev–Trinajstić information content (AvgIpc) is 0.678. The summed E-state index contributed by atoms with van der Waals surface area (Å²) in [6.07, 6.45) is 3.32. The van der Waals surface area contributed by atoms with Gasteiger partial charge in [0.05, 0.1) is 106 Å². The largest absolute Gasteiger partial charge is 0.651 e. The summed E-state index contributed by atoms with van der Waals surface area (Å²) in [6.45, 7) is 32.0. The molecule has 0 aliphatic carbocycles. The van der Waals surface area contributed by atoms with Crippen molar-refractivity contribution in [1.29, 1.82) is 0 Å². The van der Waals surface area contributed by atoms with E-state index in [4.69, 9.17) is 120 Å². The smallest absolute Gasteiger partial charge is 0.395 e. The van der Waals surface area contributed by atoms with Crippen LogP contribution in [-0.4, -0.2) is 338 Å². The molecule has 52 heteroatoms. The Bertz CT molecular complexity index is 1960. The number of hydrogen-bond donors (Lipinski definition) is 8. The molecule has 0 aromatic heterocycles. The SMILES string of the molecule is C[Si](C)(CCCOCCO)O[Si]12O[Si]3(O[Si](C)(C)CCCOCCO)O[Si]4(O[Si](C)(C)CCCOCCO)O[Si](O[Si](C)(C)CCCOCCO)(O1)O[Si]1(O[Si](C)(C)CCCOCCO)O[Si](O[Si](C)(C)CCCOCCO)(O2)O[Si](O[Si](C)(C)CCCOCCO)(O3)O[Si](O[Si](C)(C)CCCOCCO)(O4)O1. The van der Waals surface area contributed by atoms with Crippen LogP contribution in [0.1, 0.15) is 51.4 Å². The summed E-state index contributed by atoms with van der Waals surface area (Å²) >= 11 is 0. The standard InChI is InChI=1S/C56H136O36Si16/c1-93(2,49-17-33-65-41-25-57)73-101-81-102(74-94(3,4)50-18-34-66-42-26-58)84-105(77-97(9,10)53-21-37-69-45-29-61)86-103(82-101,75-95(5,6)51-19-35-67-43-27-59)88-107(79-99(13,14)55-23-39-71-47-31-63)89-104(83-101,76-96(7,8)52-20-36-68-44-28-60)87-106(85-102,78-98(11,12)54-22-38-70-46-30-62)91-108(90-105,92-107)80-100(15,16)56-24-40-72-48-32-64/h57-64H,17-56H2,1-16H3. The van der Waals surface area contributed by atoms with Crippen LogP contribution in [-0.2, 0) is 120 Å². The molecule has 0 radical (unpaired) electrons. The summed E-state index contributed by atoms with van der Waals surface area (Å²) in [5.74, 6) is 0. The molecule has 6 aliphatic rings. The molecular formula is C56H136O36Si16. The van der Waals surface area contributed by atoms with Crippen LogP contribution in [0.5, 0.6) is 0 Å². The minimum atomic E-state index is -5.72. The fourth-order valence-electron chi connectivity index (χ4n) is 12.1. The summed E-state index contributed by atoms with van der Waals surface area (Å²) in [5, 5.41) is 78.5. The van der Waals surface area contributed by atoms with Gasteiger partial charge in [0.1, 0.15) is 0 Å². The molecule has 0 saturated carbocycles. The van der Waals surface area contributed by atoms with Gasteiger partial charge < -0.3 is 161 Å². The molecule has 8 N–H and O–H groups in total. The summed E-state index contributed by atoms with van der Waals surface area (Å²) in [5.41, 5.74) is 0. The molecular weight excluding hydrogens is 1700 g/mol. The Hall–Kier alpha value is 2.03. The molecule has 6 heterocycles. The van der Waals surface area contributed by atoms with Crippen molar-refractivity contribution in [1.82, 2.24) is 0 Å². The van der Waals surface area contributed by atoms with Crippen LogP contribution in [0.2, 0.25) is 153 Å². The Morgan fingerprint density at radius 3 is 0.343 bits per heavy atom. The van der Waals surface area contributed by atoms with Gasteiger partial charge in [-0.1, -0.05) is 0 Å². The van der Waals surface area contributed by atoms with Gasteiger partial charge in [0.15, 0.2) is 66.5 Å². The first-order chi connectivity index (χ1) is 50.6. The molecule has 6 saturated heterocycles. The lowest BCUT2D eigenvalue weighted by molar-refractivity contribution is -0.130. The molecule has 6 aliphatic heterocycles. The lowest BCUT2D eigenvalue weighted by atomic mass is 10.5. The fourth-order valence-corrected chi connectivity index (χ4v) is 85.7. The lowest BCUT2D eigenvalue weighted by Crippen LogP contribution is -2.93. The van der Waals surface area contributed by atoms with Crippen molar-refractivity contribution in [3.05, 3.63) is 0 Å². The maximum atomic E-state index is 9.81. The van der Waals surface area contributed by atoms with Crippen LogP contribution >= 0.6 is 0 Å². The Labute approximate surface area is 658 Å². The Morgan fingerprint density at radius 2 is 0.259 bits per heavy atom. The molecule has 0 unspecified atom stereocenters. The average molecular weight is 1840 g/mol. The molecule has 0 atom stereocenters. The second kappa shape index (κ2) is 46.2. The van der Waals surface area contributed by atoms with Gasteiger partial charge in [-0.3, -0.25) is 0 Å². The summed E-state index contributed by atoms with van der Waals surface area (Å²) in [4.78, 5) is 0. The summed E-state index contributed by atoms with van der Waals surface area (Å²) < 4.78 is 206. The zero-order valence-corrected chi connectivity index (χ0v) is 83.3. The molecule has 0 spiro atoms. The van der Waals surface area contributed by atoms with E-state index >= 15 is 0 Å². The van der Waals surface area contributed by atoms with Crippen LogP contribution in [0.15, 0.2) is 0 Å². The zero-order valence-electron chi connectivity index (χ0n) is 67.3. The van der Waals surface area contributed by atoms with Crippen molar-refractivity contribution < 1.29 is 161 Å². The highest BCUT2D eigenvalue weighted by Gasteiger charge is 2.92. The van der Waals surface area contributed by atoms with Crippen molar-refractivity contribution in [3.63, 3.8) is 0 Å². The van der Waals surface area contributed by atoms with Gasteiger partial charge in [0, 0.05) is 52.9 Å². The first-order valence-corrected chi connectivity index (χ1v) is 76.1. The van der Waals surface area contributed by atoms with E-state index in [1.54, 1.807) is 0 Å². The van der Waals surface area contributed by atoms with E-state index in [0.29, 0.717) is 99.7 Å². The molecule has 0 aromatic carbocycles. The highest BCUT2D eigenvalue weighted by Crippen LogP contribution is 2.54. The second-order valence-corrected chi connectivity index (χ2v) is 88.1. The van der Waals surface area contributed by atoms with Crippen LogP contribution in [0.4, 0.5) is 0 Å². The van der Waals surface area contributed by atoms with Crippen LogP contribution in [0.25, 0.3) is 0 Å². The summed E-state index contributed by atoms with van der Waals surface area (Å²) in [6, 6.07) is 2.74. The van der Waals surface area contributed by atoms with E-state index in [1.165, 1.54) is 0 Å². The van der Waals surface area contributed by atoms with Gasteiger partial charge >= 0.3 is 72.4 Å². The van der Waals surface area contributed by atoms with Gasteiger partial charge in [-0.25, -0.2) is 0 Å². The minimum Gasteiger partial charge on any atom is -0.395 e. The molecule has 108 heavy (non-hydrogen) atoms. The van der Waals surface area contributed by atoms with Gasteiger partial charge in [-0.2, -0.15) is 0 Å². The zero-order chi connectivity index (χ0) is 80.1. The quantitative estimate of drug-likeness (QED) is 0.0302. The van der Waals surface area contributed by atoms with Crippen LogP contribution in [0.3, 0.4) is 0 Å². The third-order valence-corrected chi connectivity index (χ3v) is 78.8. The van der Waals surface area contributed by atoms with Gasteiger partial charge in [0.2, 0.25) is 0 Å². The normalized spacial score (nSPS) is 27.3. The van der Waals surface area contributed by atoms with Crippen molar-refractivity contribution in [2.45, 2.75) is 204 Å². The number of aliphatic hydroxyl groups excluding tert-OH is 8. The van der Waals surface area contributed by atoms with E-state index in [-0.39, 0.29) is 159 Å². The predicted molar refractivity (Wildman–Crippen MR) is 426 cm³/mol. The lowest BCUT2D eigenvalue weighted by Gasteiger charge is -2.61. The highest BCUT2D eigenvalue weighted by atomic mass is 28.7. The maximum absolute atomic E-state index is 9.81. The fraction of sp³-hybridized carbons (Fsp3) is 1.00. The van der Waals surface area contributed by atoms with Crippen molar-refractivity contribution in [2.24, 2.45) is 0 Å². The Kier molecular flexibility index (Phi) is 43.0. The van der Waals surface area contributed by atoms with Gasteiger partial charge in [-0.15, -0.1) is 0 Å². The van der Waals surface area contributed by atoms with E-state index < -0.39 is 139 Å². The molecule has 8 bridgehead atoms. The van der Waals surface area contributed by atoms with Crippen molar-refractivity contribution in [3.8, 4) is 0 Å². The first kappa shape index (κ1) is 101. The molecule has 0 aromatic rings. The van der Waals surface area contributed by atoms with Crippen molar-refractivity contribution >= 4 is 139 Å². The maximum Gasteiger partial charge on any atom is 0.651 e. The first-order valence-electron chi connectivity index (χ1n) is 38.1. The topological polar surface area (TPSA) is 420 Å². The van der Waals surface area contributed by atoms with E-state index in [1.807, 2.05) is 105 Å². The minimum absolute atomic E-state index is 0.0903. The second-order valence-electron chi connectivity index (χ2n) is 31.6. The van der Waals surface area contributed by atoms with E-state index in [2.05, 4.69) is 0 Å². The molecule has 6 fully saturated rings. The number of ether oxygens (including phenoxy) is 8. The highest BCUT2D eigenvalue weighted by molar-refractivity contribution is 7.04. The number of hydrogen-bond acceptors (Lipinski definition) is 36.